The third-order valence-corrected chi connectivity index (χ3v) is 4.35. The van der Waals surface area contributed by atoms with Crippen LogP contribution in [0.15, 0.2) is 24.3 Å². The van der Waals surface area contributed by atoms with Gasteiger partial charge in [-0.3, -0.25) is 4.79 Å². The number of hydrogen-bond acceptors (Lipinski definition) is 4. The maximum atomic E-state index is 12.5. The Morgan fingerprint density at radius 1 is 1.43 bits per heavy atom. The van der Waals surface area contributed by atoms with Crippen molar-refractivity contribution in [3.05, 3.63) is 24.3 Å². The van der Waals surface area contributed by atoms with Gasteiger partial charge in [0.05, 0.1) is 17.8 Å². The topological polar surface area (TPSA) is 61.8 Å². The molecule has 5 nitrogen and oxygen atoms in total. The number of amides is 1. The van der Waals surface area contributed by atoms with E-state index in [9.17, 15) is 9.90 Å². The van der Waals surface area contributed by atoms with Crippen LogP contribution < -0.4 is 10.1 Å². The molecule has 1 fully saturated rings. The number of nitrogens with zero attached hydrogens (tertiary/aromatic N) is 1. The number of benzene rings is 1. The van der Waals surface area contributed by atoms with Gasteiger partial charge in [0.15, 0.2) is 6.10 Å². The molecule has 0 radical (unpaired) electrons. The summed E-state index contributed by atoms with van der Waals surface area (Å²) in [5.41, 5.74) is 0.198. The summed E-state index contributed by atoms with van der Waals surface area (Å²) in [5, 5.41) is 13.6. The standard InChI is InChI=1S/C16H22N2O3/c1-18(11-16(20)8-4-5-9-16)15(19)14-10-17-12-6-2-3-7-13(12)21-14/h2-3,6-7,14,17,20H,4-5,8-11H2,1H3. The summed E-state index contributed by atoms with van der Waals surface area (Å²) in [5.74, 6) is 0.618. The number of ether oxygens (including phenoxy) is 1. The summed E-state index contributed by atoms with van der Waals surface area (Å²) in [4.78, 5) is 14.1. The van der Waals surface area contributed by atoms with Crippen LogP contribution in [0.2, 0.25) is 0 Å². The van der Waals surface area contributed by atoms with Gasteiger partial charge in [-0.05, 0) is 25.0 Å². The van der Waals surface area contributed by atoms with Crippen LogP contribution >= 0.6 is 0 Å². The molecule has 5 heteroatoms. The number of aliphatic hydroxyl groups is 1. The van der Waals surface area contributed by atoms with Crippen LogP contribution in [-0.4, -0.2) is 47.8 Å². The monoisotopic (exact) mass is 290 g/mol. The van der Waals surface area contributed by atoms with Gasteiger partial charge < -0.3 is 20.1 Å². The molecule has 1 aromatic carbocycles. The molecule has 0 aromatic heterocycles. The van der Waals surface area contributed by atoms with Crippen LogP contribution in [0.5, 0.6) is 5.75 Å². The Kier molecular flexibility index (Phi) is 3.76. The molecule has 1 aliphatic heterocycles. The third kappa shape index (κ3) is 2.97. The molecule has 0 bridgehead atoms. The number of fused-ring (bicyclic) bond motifs is 1. The molecule has 1 aliphatic carbocycles. The number of carbonyl (C=O) groups is 1. The zero-order valence-electron chi connectivity index (χ0n) is 12.3. The fourth-order valence-corrected chi connectivity index (χ4v) is 3.21. The maximum absolute atomic E-state index is 12.5. The normalized spacial score (nSPS) is 22.9. The Bertz CT molecular complexity index is 526. The van der Waals surface area contributed by atoms with Crippen LogP contribution in [-0.2, 0) is 4.79 Å². The molecule has 1 saturated carbocycles. The summed E-state index contributed by atoms with van der Waals surface area (Å²) in [6, 6.07) is 7.60. The predicted molar refractivity (Wildman–Crippen MR) is 80.4 cm³/mol. The number of para-hydroxylation sites is 2. The minimum atomic E-state index is -0.718. The fraction of sp³-hybridized carbons (Fsp3) is 0.562. The molecule has 1 heterocycles. The van der Waals surface area contributed by atoms with Gasteiger partial charge in [0, 0.05) is 13.6 Å². The number of nitrogens with one attached hydrogen (secondary N) is 1. The van der Waals surface area contributed by atoms with Gasteiger partial charge in [-0.1, -0.05) is 25.0 Å². The highest BCUT2D eigenvalue weighted by Crippen LogP contribution is 2.31. The second-order valence-electron chi connectivity index (χ2n) is 6.11. The zero-order chi connectivity index (χ0) is 14.9. The number of hydrogen-bond donors (Lipinski definition) is 2. The first-order valence-corrected chi connectivity index (χ1v) is 7.54. The van der Waals surface area contributed by atoms with Crippen LogP contribution in [0.3, 0.4) is 0 Å². The van der Waals surface area contributed by atoms with Crippen LogP contribution in [0.4, 0.5) is 5.69 Å². The average molecular weight is 290 g/mol. The molecular formula is C16H22N2O3. The number of likely N-dealkylation sites (N-methyl/N-ethyl adjacent to an activating group) is 1. The molecule has 1 aromatic rings. The Labute approximate surface area is 124 Å². The van der Waals surface area contributed by atoms with Crippen molar-refractivity contribution in [3.63, 3.8) is 0 Å². The molecule has 1 amide bonds. The molecule has 0 saturated heterocycles. The molecular weight excluding hydrogens is 268 g/mol. The lowest BCUT2D eigenvalue weighted by atomic mass is 10.0. The van der Waals surface area contributed by atoms with E-state index in [1.807, 2.05) is 24.3 Å². The number of carbonyl (C=O) groups excluding carboxylic acids is 1. The summed E-state index contributed by atoms with van der Waals surface area (Å²) in [7, 11) is 1.74. The molecule has 21 heavy (non-hydrogen) atoms. The SMILES string of the molecule is CN(CC1(O)CCCC1)C(=O)C1CNc2ccccc2O1. The van der Waals surface area contributed by atoms with E-state index in [1.54, 1.807) is 11.9 Å². The lowest BCUT2D eigenvalue weighted by Gasteiger charge is -2.33. The van der Waals surface area contributed by atoms with Crippen LogP contribution in [0.25, 0.3) is 0 Å². The highest BCUT2D eigenvalue weighted by molar-refractivity contribution is 5.83. The maximum Gasteiger partial charge on any atom is 0.265 e. The van der Waals surface area contributed by atoms with E-state index in [0.29, 0.717) is 18.8 Å². The van der Waals surface area contributed by atoms with Gasteiger partial charge in [-0.2, -0.15) is 0 Å². The number of anilines is 1. The van der Waals surface area contributed by atoms with Gasteiger partial charge >= 0.3 is 0 Å². The predicted octanol–water partition coefficient (Wildman–Crippen LogP) is 1.62. The van der Waals surface area contributed by atoms with Crippen molar-refractivity contribution < 1.29 is 14.6 Å². The molecule has 114 valence electrons. The van der Waals surface area contributed by atoms with Crippen molar-refractivity contribution in [2.75, 3.05) is 25.5 Å². The van der Waals surface area contributed by atoms with Crippen molar-refractivity contribution in [1.82, 2.24) is 4.90 Å². The third-order valence-electron chi connectivity index (χ3n) is 4.35. The van der Waals surface area contributed by atoms with Crippen molar-refractivity contribution in [2.45, 2.75) is 37.4 Å². The Hall–Kier alpha value is -1.75. The van der Waals surface area contributed by atoms with Gasteiger partial charge in [-0.25, -0.2) is 0 Å². The lowest BCUT2D eigenvalue weighted by Crippen LogP contribution is -2.50. The largest absolute Gasteiger partial charge is 0.477 e. The average Bonchev–Trinajstić information content (AvgIpc) is 2.92. The summed E-state index contributed by atoms with van der Waals surface area (Å²) in [6.45, 7) is 0.839. The first kappa shape index (κ1) is 14.2. The quantitative estimate of drug-likeness (QED) is 0.888. The van der Waals surface area contributed by atoms with Crippen molar-refractivity contribution >= 4 is 11.6 Å². The first-order valence-electron chi connectivity index (χ1n) is 7.54. The lowest BCUT2D eigenvalue weighted by molar-refractivity contribution is -0.140. The van der Waals surface area contributed by atoms with E-state index in [2.05, 4.69) is 5.32 Å². The molecule has 1 atom stereocenters. The van der Waals surface area contributed by atoms with E-state index in [-0.39, 0.29) is 5.91 Å². The van der Waals surface area contributed by atoms with Crippen LogP contribution in [0, 0.1) is 0 Å². The molecule has 2 N–H and O–H groups in total. The Morgan fingerprint density at radius 3 is 2.90 bits per heavy atom. The molecule has 1 unspecified atom stereocenters. The minimum absolute atomic E-state index is 0.0858. The number of rotatable bonds is 3. The van der Waals surface area contributed by atoms with Gasteiger partial charge in [0.1, 0.15) is 5.75 Å². The molecule has 0 spiro atoms. The minimum Gasteiger partial charge on any atom is -0.477 e. The van der Waals surface area contributed by atoms with E-state index in [1.165, 1.54) is 0 Å². The summed E-state index contributed by atoms with van der Waals surface area (Å²) in [6.07, 6.45) is 3.09. The van der Waals surface area contributed by atoms with Gasteiger partial charge in [0.2, 0.25) is 0 Å². The van der Waals surface area contributed by atoms with Gasteiger partial charge in [-0.15, -0.1) is 0 Å². The molecule has 2 aliphatic rings. The fourth-order valence-electron chi connectivity index (χ4n) is 3.21. The smallest absolute Gasteiger partial charge is 0.265 e. The second kappa shape index (κ2) is 5.56. The van der Waals surface area contributed by atoms with Crippen molar-refractivity contribution in [3.8, 4) is 5.75 Å². The summed E-state index contributed by atoms with van der Waals surface area (Å²) >= 11 is 0. The van der Waals surface area contributed by atoms with Crippen LogP contribution in [0.1, 0.15) is 25.7 Å². The zero-order valence-corrected chi connectivity index (χ0v) is 12.3. The van der Waals surface area contributed by atoms with E-state index >= 15 is 0 Å². The van der Waals surface area contributed by atoms with E-state index < -0.39 is 11.7 Å². The highest BCUT2D eigenvalue weighted by atomic mass is 16.5. The Morgan fingerprint density at radius 2 is 2.14 bits per heavy atom. The second-order valence-corrected chi connectivity index (χ2v) is 6.11. The Balaban J connectivity index is 1.63. The van der Waals surface area contributed by atoms with E-state index in [4.69, 9.17) is 4.74 Å². The molecule has 3 rings (SSSR count). The van der Waals surface area contributed by atoms with Crippen molar-refractivity contribution in [2.24, 2.45) is 0 Å². The van der Waals surface area contributed by atoms with E-state index in [0.717, 1.165) is 31.4 Å². The van der Waals surface area contributed by atoms with Gasteiger partial charge in [0.25, 0.3) is 5.91 Å². The van der Waals surface area contributed by atoms with Crippen molar-refractivity contribution in [1.29, 1.82) is 0 Å². The highest BCUT2D eigenvalue weighted by Gasteiger charge is 2.36. The summed E-state index contributed by atoms with van der Waals surface area (Å²) < 4.78 is 5.78. The first-order chi connectivity index (χ1) is 10.1.